The van der Waals surface area contributed by atoms with E-state index in [-0.39, 0.29) is 52.1 Å². The molecule has 7 heteroatoms. The Morgan fingerprint density at radius 1 is 1.12 bits per heavy atom. The van der Waals surface area contributed by atoms with E-state index in [0.29, 0.717) is 0 Å². The van der Waals surface area contributed by atoms with Gasteiger partial charge < -0.3 is 39.3 Å². The largest absolute Gasteiger partial charge is 3.00 e. The molecule has 0 unspecified atom stereocenters. The monoisotopic (exact) mass is 448 g/mol. The summed E-state index contributed by atoms with van der Waals surface area (Å²) in [4.78, 5) is 0. The van der Waals surface area contributed by atoms with Crippen LogP contribution >= 0.6 is 0 Å². The molecule has 0 fully saturated rings. The maximum absolute atomic E-state index is 6.32. The number of fused-ring (bicyclic) bond motifs is 1. The summed E-state index contributed by atoms with van der Waals surface area (Å²) in [5.41, 5.74) is 4.10. The third kappa shape index (κ3) is 6.97. The number of benzene rings is 1. The van der Waals surface area contributed by atoms with E-state index in [0.717, 1.165) is 33.9 Å². The summed E-state index contributed by atoms with van der Waals surface area (Å²) in [5.74, 6) is 1.79. The molecule has 0 aliphatic heterocycles. The fourth-order valence-corrected chi connectivity index (χ4v) is 3.38. The summed E-state index contributed by atoms with van der Waals surface area (Å²) < 4.78 is 11.9. The first-order valence-corrected chi connectivity index (χ1v) is 11.4. The molecular formula is C19H28Cl2NO2SiTi. The van der Waals surface area contributed by atoms with Crippen molar-refractivity contribution in [2.75, 3.05) is 7.11 Å². The Bertz CT molecular complexity index is 677. The average Bonchev–Trinajstić information content (AvgIpc) is 2.72. The van der Waals surface area contributed by atoms with Gasteiger partial charge in [-0.1, -0.05) is 11.1 Å². The maximum atomic E-state index is 6.32. The van der Waals surface area contributed by atoms with E-state index >= 15 is 0 Å². The second kappa shape index (κ2) is 10.2. The molecule has 1 aromatic rings. The van der Waals surface area contributed by atoms with Crippen molar-refractivity contribution < 1.29 is 55.7 Å². The van der Waals surface area contributed by atoms with Crippen LogP contribution in [0.15, 0.2) is 29.7 Å². The van der Waals surface area contributed by atoms with E-state index in [1.807, 2.05) is 19.1 Å². The molecule has 3 nitrogen and oxygen atoms in total. The fourth-order valence-electron chi connectivity index (χ4n) is 2.55. The molecule has 0 heterocycles. The van der Waals surface area contributed by atoms with Crippen molar-refractivity contribution in [2.24, 2.45) is 0 Å². The molecule has 2 rings (SSSR count). The summed E-state index contributed by atoms with van der Waals surface area (Å²) in [6.45, 7) is 15.0. The van der Waals surface area contributed by atoms with Gasteiger partial charge in [-0.2, -0.15) is 0 Å². The van der Waals surface area contributed by atoms with Gasteiger partial charge in [0, 0.05) is 5.54 Å². The Labute approximate surface area is 186 Å². The first-order valence-electron chi connectivity index (χ1n) is 8.01. The number of ether oxygens (including phenoxy) is 1. The smallest absolute Gasteiger partial charge is 1.00 e. The minimum atomic E-state index is -1.71. The molecule has 1 aliphatic rings. The number of allylic oxidation sites excluding steroid dienone is 2. The van der Waals surface area contributed by atoms with Gasteiger partial charge in [0.05, 0.1) is 18.6 Å². The number of nitrogens with one attached hydrogen (secondary N) is 1. The van der Waals surface area contributed by atoms with Crippen LogP contribution in [-0.2, 0) is 26.5 Å². The molecule has 1 aromatic carbocycles. The topological polar surface area (TPSA) is 30.5 Å². The van der Waals surface area contributed by atoms with Gasteiger partial charge in [-0.25, -0.2) is 0 Å². The average molecular weight is 449 g/mol. The van der Waals surface area contributed by atoms with E-state index in [4.69, 9.17) is 9.16 Å². The fraction of sp³-hybridized carbons (Fsp3) is 0.474. The molecule has 0 spiro atoms. The van der Waals surface area contributed by atoms with Gasteiger partial charge in [-0.05, 0) is 59.1 Å². The minimum absolute atomic E-state index is 0. The molecule has 1 radical (unpaired) electrons. The maximum Gasteiger partial charge on any atom is 3.00 e. The third-order valence-corrected chi connectivity index (χ3v) is 4.19. The first kappa shape index (κ1) is 27.8. The first-order chi connectivity index (χ1) is 10.5. The van der Waals surface area contributed by atoms with Gasteiger partial charge in [0.15, 0.2) is 0 Å². The van der Waals surface area contributed by atoms with Crippen molar-refractivity contribution in [1.82, 2.24) is 5.32 Å². The van der Waals surface area contributed by atoms with Gasteiger partial charge in [0.1, 0.15) is 0 Å². The molecule has 1 aliphatic carbocycles. The minimum Gasteiger partial charge on any atom is -1.00 e. The van der Waals surface area contributed by atoms with E-state index in [1.165, 1.54) is 0 Å². The van der Waals surface area contributed by atoms with Gasteiger partial charge in [0.2, 0.25) is 8.32 Å². The Hall–Kier alpha value is -0.389. The second-order valence-electron chi connectivity index (χ2n) is 7.90. The van der Waals surface area contributed by atoms with Crippen LogP contribution in [0, 0.1) is 6.08 Å². The van der Waals surface area contributed by atoms with Crippen molar-refractivity contribution in [3.63, 3.8) is 0 Å². The molecule has 26 heavy (non-hydrogen) atoms. The van der Waals surface area contributed by atoms with Crippen LogP contribution in [0.3, 0.4) is 0 Å². The Kier molecular flexibility index (Phi) is 11.0. The van der Waals surface area contributed by atoms with Crippen molar-refractivity contribution in [3.05, 3.63) is 46.9 Å². The molecule has 1 N–H and O–H groups in total. The molecule has 0 saturated carbocycles. The predicted octanol–water partition coefficient (Wildman–Crippen LogP) is -1.28. The Balaban J connectivity index is 0. The SMILES string of the molecule is COC(C)=C1C(NC(C)(C)C)=[C-]c2cccc(O[Si](C)(C)C)c21.[Cl-].[Cl-].[Ti+3]. The van der Waals surface area contributed by atoms with E-state index in [2.05, 4.69) is 57.9 Å². The van der Waals surface area contributed by atoms with Gasteiger partial charge in [-0.15, -0.1) is 23.8 Å². The number of methoxy groups -OCH3 is 1. The summed E-state index contributed by atoms with van der Waals surface area (Å²) in [7, 11) is 0.000260. The zero-order chi connectivity index (χ0) is 17.4. The van der Waals surface area contributed by atoms with Crippen molar-refractivity contribution in [2.45, 2.75) is 52.9 Å². The number of hydrogen-bond acceptors (Lipinski definition) is 3. The third-order valence-electron chi connectivity index (χ3n) is 3.36. The zero-order valence-electron chi connectivity index (χ0n) is 16.8. The number of rotatable bonds is 4. The van der Waals surface area contributed by atoms with Crippen molar-refractivity contribution in [1.29, 1.82) is 0 Å². The van der Waals surface area contributed by atoms with E-state index in [1.54, 1.807) is 7.11 Å². The van der Waals surface area contributed by atoms with Gasteiger partial charge in [0.25, 0.3) is 0 Å². The molecule has 0 bridgehead atoms. The number of hydrogen-bond donors (Lipinski definition) is 1. The molecule has 0 amide bonds. The van der Waals surface area contributed by atoms with Crippen molar-refractivity contribution in [3.8, 4) is 5.75 Å². The van der Waals surface area contributed by atoms with Crippen LogP contribution in [0.25, 0.3) is 5.57 Å². The van der Waals surface area contributed by atoms with Gasteiger partial charge in [-0.3, -0.25) is 0 Å². The van der Waals surface area contributed by atoms with Crippen LogP contribution in [-0.4, -0.2) is 21.0 Å². The molecular weight excluding hydrogens is 421 g/mol. The Morgan fingerprint density at radius 3 is 2.15 bits per heavy atom. The van der Waals surface area contributed by atoms with Crippen LogP contribution in [0.4, 0.5) is 0 Å². The normalized spacial score (nSPS) is 14.7. The van der Waals surface area contributed by atoms with Crippen LogP contribution in [0.1, 0.15) is 38.8 Å². The summed E-state index contributed by atoms with van der Waals surface area (Å²) in [6, 6.07) is 6.15. The molecule has 0 saturated heterocycles. The molecule has 0 atom stereocenters. The van der Waals surface area contributed by atoms with Gasteiger partial charge >= 0.3 is 21.7 Å². The van der Waals surface area contributed by atoms with Crippen LogP contribution in [0.5, 0.6) is 5.75 Å². The van der Waals surface area contributed by atoms with Crippen molar-refractivity contribution >= 4 is 13.9 Å². The van der Waals surface area contributed by atoms with Crippen LogP contribution in [0.2, 0.25) is 19.6 Å². The van der Waals surface area contributed by atoms with E-state index in [9.17, 15) is 0 Å². The van der Waals surface area contributed by atoms with Crippen LogP contribution < -0.4 is 34.6 Å². The number of halogens is 2. The summed E-state index contributed by atoms with van der Waals surface area (Å²) in [5, 5.41) is 3.54. The zero-order valence-corrected chi connectivity index (χ0v) is 20.9. The standard InChI is InChI=1S/C19H28NO2Si.2ClH.Ti/c1-13(21-5)17-15(20-19(2,3)4)12-14-10-9-11-16(18(14)17)22-23(6,7)8;;;/h9-11,20H,1-8H3;2*1H;/q-1;;;+3/p-2. The second-order valence-corrected chi connectivity index (χ2v) is 12.3. The summed E-state index contributed by atoms with van der Waals surface area (Å²) in [6.07, 6.45) is 3.49. The summed E-state index contributed by atoms with van der Waals surface area (Å²) >= 11 is 0. The predicted molar refractivity (Wildman–Crippen MR) is 98.8 cm³/mol. The molecule has 143 valence electrons. The van der Waals surface area contributed by atoms with E-state index < -0.39 is 8.32 Å². The quantitative estimate of drug-likeness (QED) is 0.353. The Morgan fingerprint density at radius 2 is 1.69 bits per heavy atom. The molecule has 0 aromatic heterocycles.